The summed E-state index contributed by atoms with van der Waals surface area (Å²) >= 11 is 0. The minimum Gasteiger partial charge on any atom is -0.349 e. The van der Waals surface area contributed by atoms with Crippen molar-refractivity contribution in [1.29, 1.82) is 0 Å². The molecule has 0 saturated heterocycles. The lowest BCUT2D eigenvalue weighted by Crippen LogP contribution is -2.25. The zero-order chi connectivity index (χ0) is 14.3. The second-order valence-electron chi connectivity index (χ2n) is 6.63. The molecule has 3 rings (SSSR count). The average Bonchev–Trinajstić information content (AvgIpc) is 3.20. The number of nitrogens with one attached hydrogen (secondary N) is 1. The van der Waals surface area contributed by atoms with E-state index < -0.39 is 0 Å². The van der Waals surface area contributed by atoms with Crippen LogP contribution in [0.25, 0.3) is 10.9 Å². The molecular formula is C17H20N2O. The molecule has 1 N–H and O–H groups in total. The van der Waals surface area contributed by atoms with Crippen molar-refractivity contribution >= 4 is 16.8 Å². The van der Waals surface area contributed by atoms with E-state index in [-0.39, 0.29) is 11.3 Å². The third-order valence-electron chi connectivity index (χ3n) is 3.72. The van der Waals surface area contributed by atoms with E-state index >= 15 is 0 Å². The van der Waals surface area contributed by atoms with E-state index in [9.17, 15) is 4.79 Å². The zero-order valence-corrected chi connectivity index (χ0v) is 12.2. The molecule has 1 aliphatic rings. The summed E-state index contributed by atoms with van der Waals surface area (Å²) in [5.41, 5.74) is 2.93. The van der Waals surface area contributed by atoms with E-state index in [4.69, 9.17) is 0 Å². The van der Waals surface area contributed by atoms with Gasteiger partial charge in [0, 0.05) is 17.6 Å². The fourth-order valence-corrected chi connectivity index (χ4v) is 2.22. The Labute approximate surface area is 119 Å². The molecule has 1 amide bonds. The minimum absolute atomic E-state index is 0.0111. The summed E-state index contributed by atoms with van der Waals surface area (Å²) in [4.78, 5) is 16.5. The van der Waals surface area contributed by atoms with Crippen LogP contribution in [0.3, 0.4) is 0 Å². The van der Waals surface area contributed by atoms with Crippen LogP contribution in [-0.4, -0.2) is 16.9 Å². The summed E-state index contributed by atoms with van der Waals surface area (Å²) in [7, 11) is 0. The molecule has 2 aromatic rings. The first-order valence-corrected chi connectivity index (χ1v) is 7.15. The van der Waals surface area contributed by atoms with Crippen molar-refractivity contribution in [3.8, 4) is 0 Å². The topological polar surface area (TPSA) is 42.0 Å². The number of fused-ring (bicyclic) bond motifs is 1. The predicted molar refractivity (Wildman–Crippen MR) is 80.9 cm³/mol. The molecule has 3 heteroatoms. The number of benzene rings is 1. The van der Waals surface area contributed by atoms with Gasteiger partial charge in [-0.2, -0.15) is 0 Å². The van der Waals surface area contributed by atoms with Crippen LogP contribution in [0, 0.1) is 0 Å². The molecule has 1 aromatic heterocycles. The fourth-order valence-electron chi connectivity index (χ4n) is 2.22. The first-order valence-electron chi connectivity index (χ1n) is 7.15. The minimum atomic E-state index is -0.0111. The Morgan fingerprint density at radius 2 is 2.00 bits per heavy atom. The highest BCUT2D eigenvalue weighted by molar-refractivity contribution is 5.97. The molecule has 1 aliphatic carbocycles. The maximum absolute atomic E-state index is 12.1. The Morgan fingerprint density at radius 3 is 2.65 bits per heavy atom. The third-order valence-corrected chi connectivity index (χ3v) is 3.72. The summed E-state index contributed by atoms with van der Waals surface area (Å²) in [5.74, 6) is -0.0111. The quantitative estimate of drug-likeness (QED) is 0.906. The molecule has 0 unspecified atom stereocenters. The standard InChI is InChI=1S/C17H20N2O/c1-17(2,3)13-4-7-15-11(9-13)8-12(10-18-15)16(20)19-14-5-6-14/h4,7-10,14H,5-6H2,1-3H3,(H,19,20). The molecule has 0 aliphatic heterocycles. The van der Waals surface area contributed by atoms with Crippen molar-refractivity contribution in [3.63, 3.8) is 0 Å². The molecule has 0 radical (unpaired) electrons. The molecular weight excluding hydrogens is 248 g/mol. The van der Waals surface area contributed by atoms with Gasteiger partial charge in [-0.3, -0.25) is 9.78 Å². The Balaban J connectivity index is 1.97. The van der Waals surface area contributed by atoms with E-state index in [1.807, 2.05) is 12.1 Å². The van der Waals surface area contributed by atoms with Crippen molar-refractivity contribution in [1.82, 2.24) is 10.3 Å². The van der Waals surface area contributed by atoms with Crippen molar-refractivity contribution in [2.75, 3.05) is 0 Å². The van der Waals surface area contributed by atoms with Crippen LogP contribution in [0.5, 0.6) is 0 Å². The zero-order valence-electron chi connectivity index (χ0n) is 12.2. The van der Waals surface area contributed by atoms with Gasteiger partial charge in [0.15, 0.2) is 0 Å². The largest absolute Gasteiger partial charge is 0.349 e. The van der Waals surface area contributed by atoms with Crippen LogP contribution in [-0.2, 0) is 5.41 Å². The van der Waals surface area contributed by atoms with Gasteiger partial charge in [-0.15, -0.1) is 0 Å². The molecule has 0 bridgehead atoms. The number of hydrogen-bond acceptors (Lipinski definition) is 2. The van der Waals surface area contributed by atoms with E-state index in [1.54, 1.807) is 6.20 Å². The normalized spacial score (nSPS) is 15.3. The van der Waals surface area contributed by atoms with Crippen molar-refractivity contribution in [3.05, 3.63) is 41.6 Å². The van der Waals surface area contributed by atoms with Gasteiger partial charge >= 0.3 is 0 Å². The molecule has 104 valence electrons. The fraction of sp³-hybridized carbons (Fsp3) is 0.412. The van der Waals surface area contributed by atoms with Crippen molar-refractivity contribution in [2.45, 2.75) is 45.1 Å². The smallest absolute Gasteiger partial charge is 0.253 e. The molecule has 0 spiro atoms. The summed E-state index contributed by atoms with van der Waals surface area (Å²) < 4.78 is 0. The molecule has 20 heavy (non-hydrogen) atoms. The van der Waals surface area contributed by atoms with Gasteiger partial charge in [0.1, 0.15) is 0 Å². The predicted octanol–water partition coefficient (Wildman–Crippen LogP) is 3.42. The maximum atomic E-state index is 12.1. The monoisotopic (exact) mass is 268 g/mol. The molecule has 1 saturated carbocycles. The molecule has 1 fully saturated rings. The summed E-state index contributed by atoms with van der Waals surface area (Å²) in [6.45, 7) is 6.56. The van der Waals surface area contributed by atoms with Crippen LogP contribution >= 0.6 is 0 Å². The van der Waals surface area contributed by atoms with Crippen LogP contribution in [0.4, 0.5) is 0 Å². The highest BCUT2D eigenvalue weighted by atomic mass is 16.1. The second kappa shape index (κ2) is 4.58. The highest BCUT2D eigenvalue weighted by Gasteiger charge is 2.24. The second-order valence-corrected chi connectivity index (χ2v) is 6.63. The molecule has 1 aromatic carbocycles. The Bertz CT molecular complexity index is 666. The maximum Gasteiger partial charge on any atom is 0.253 e. The van der Waals surface area contributed by atoms with Crippen molar-refractivity contribution < 1.29 is 4.79 Å². The highest BCUT2D eigenvalue weighted by Crippen LogP contribution is 2.26. The number of pyridine rings is 1. The van der Waals surface area contributed by atoms with Gasteiger partial charge in [-0.1, -0.05) is 26.8 Å². The summed E-state index contributed by atoms with van der Waals surface area (Å²) in [6.07, 6.45) is 3.86. The van der Waals surface area contributed by atoms with Gasteiger partial charge in [-0.25, -0.2) is 0 Å². The summed E-state index contributed by atoms with van der Waals surface area (Å²) in [5, 5.41) is 4.03. The van der Waals surface area contributed by atoms with Crippen LogP contribution in [0.15, 0.2) is 30.5 Å². The number of carbonyl (C=O) groups is 1. The lowest BCUT2D eigenvalue weighted by atomic mass is 9.86. The SMILES string of the molecule is CC(C)(C)c1ccc2ncc(C(=O)NC3CC3)cc2c1. The summed E-state index contributed by atoms with van der Waals surface area (Å²) in [6, 6.07) is 8.59. The number of nitrogens with zero attached hydrogens (tertiary/aromatic N) is 1. The number of aromatic nitrogens is 1. The number of hydrogen-bond donors (Lipinski definition) is 1. The lowest BCUT2D eigenvalue weighted by Gasteiger charge is -2.19. The third kappa shape index (κ3) is 2.67. The van der Waals surface area contributed by atoms with Gasteiger partial charge in [0.25, 0.3) is 5.91 Å². The Morgan fingerprint density at radius 1 is 1.25 bits per heavy atom. The number of carbonyl (C=O) groups excluding carboxylic acids is 1. The first kappa shape index (κ1) is 13.1. The molecule has 3 nitrogen and oxygen atoms in total. The van der Waals surface area contributed by atoms with Gasteiger partial charge < -0.3 is 5.32 Å². The first-order chi connectivity index (χ1) is 9.43. The average molecular weight is 268 g/mol. The van der Waals surface area contributed by atoms with Crippen LogP contribution < -0.4 is 5.32 Å². The van der Waals surface area contributed by atoms with E-state index in [0.29, 0.717) is 11.6 Å². The Kier molecular flexibility index (Phi) is 3.00. The number of rotatable bonds is 2. The van der Waals surface area contributed by atoms with E-state index in [0.717, 1.165) is 23.7 Å². The van der Waals surface area contributed by atoms with Gasteiger partial charge in [0.2, 0.25) is 0 Å². The Hall–Kier alpha value is -1.90. The molecule has 1 heterocycles. The van der Waals surface area contributed by atoms with Crippen LogP contribution in [0.1, 0.15) is 49.5 Å². The van der Waals surface area contributed by atoms with E-state index in [1.165, 1.54) is 5.56 Å². The van der Waals surface area contributed by atoms with E-state index in [2.05, 4.69) is 43.2 Å². The van der Waals surface area contributed by atoms with Crippen LogP contribution in [0.2, 0.25) is 0 Å². The van der Waals surface area contributed by atoms with Crippen molar-refractivity contribution in [2.24, 2.45) is 0 Å². The number of amides is 1. The van der Waals surface area contributed by atoms with Gasteiger partial charge in [-0.05, 0) is 42.0 Å². The van der Waals surface area contributed by atoms with Gasteiger partial charge in [0.05, 0.1) is 11.1 Å². The molecule has 0 atom stereocenters. The lowest BCUT2D eigenvalue weighted by molar-refractivity contribution is 0.0951.